The van der Waals surface area contributed by atoms with Crippen LogP contribution in [-0.2, 0) is 48.6 Å². The van der Waals surface area contributed by atoms with Gasteiger partial charge in [0.05, 0.1) is 11.0 Å². The number of carbonyl (C=O) groups excluding carboxylic acids is 6. The summed E-state index contributed by atoms with van der Waals surface area (Å²) < 4.78 is 36.3. The first kappa shape index (κ1) is 42.5. The third-order valence-electron chi connectivity index (χ3n) is 10.4. The molecule has 5 rings (SSSR count). The number of hydrogen-bond acceptors (Lipinski definition) is 8. The lowest BCUT2D eigenvalue weighted by Gasteiger charge is -2.35. The first-order valence-corrected chi connectivity index (χ1v) is 19.2. The monoisotopic (exact) mass is 795 g/mol. The van der Waals surface area contributed by atoms with E-state index >= 15 is 0 Å². The van der Waals surface area contributed by atoms with Crippen LogP contribution in [0.4, 0.5) is 13.6 Å². The van der Waals surface area contributed by atoms with Gasteiger partial charge < -0.3 is 26.0 Å². The second kappa shape index (κ2) is 18.1. The number of aryl methyl sites for hydroxylation is 2. The van der Waals surface area contributed by atoms with E-state index in [1.165, 1.54) is 10.6 Å². The van der Waals surface area contributed by atoms with Crippen molar-refractivity contribution in [3.8, 4) is 0 Å². The fourth-order valence-corrected chi connectivity index (χ4v) is 7.57. The summed E-state index contributed by atoms with van der Waals surface area (Å²) in [4.78, 5) is 91.1. The highest BCUT2D eigenvalue weighted by Gasteiger charge is 2.34. The quantitative estimate of drug-likeness (QED) is 0.178. The number of likely N-dealkylation sites (tertiary alicyclic amines) is 1. The van der Waals surface area contributed by atoms with Gasteiger partial charge in [-0.05, 0) is 101 Å². The molecule has 3 aromatic rings. The van der Waals surface area contributed by atoms with Crippen molar-refractivity contribution in [2.75, 3.05) is 13.1 Å². The maximum Gasteiger partial charge on any atom is 0.408 e. The number of nitrogens with one attached hydrogen (secondary N) is 3. The molecule has 0 spiro atoms. The molecule has 17 heteroatoms. The molecule has 0 bridgehead atoms. The Hall–Kier alpha value is -5.61. The van der Waals surface area contributed by atoms with Crippen molar-refractivity contribution in [2.45, 2.75) is 109 Å². The lowest BCUT2D eigenvalue weighted by atomic mass is 9.90. The van der Waals surface area contributed by atoms with Gasteiger partial charge in [0.15, 0.2) is 11.6 Å². The van der Waals surface area contributed by atoms with Crippen LogP contribution < -0.4 is 27.4 Å². The van der Waals surface area contributed by atoms with E-state index in [2.05, 4.69) is 16.0 Å². The van der Waals surface area contributed by atoms with Gasteiger partial charge in [0, 0.05) is 39.4 Å². The molecule has 57 heavy (non-hydrogen) atoms. The summed E-state index contributed by atoms with van der Waals surface area (Å²) in [5.41, 5.74) is 6.68. The number of piperidine rings is 2. The van der Waals surface area contributed by atoms with E-state index in [4.69, 9.17) is 10.5 Å². The topological polar surface area (TPSA) is 204 Å². The van der Waals surface area contributed by atoms with E-state index in [9.17, 15) is 42.3 Å². The molecule has 5 N–H and O–H groups in total. The highest BCUT2D eigenvalue weighted by Crippen LogP contribution is 2.28. The molecule has 0 saturated carbocycles. The zero-order valence-corrected chi connectivity index (χ0v) is 32.7. The summed E-state index contributed by atoms with van der Waals surface area (Å²) in [7, 11) is 1.67. The van der Waals surface area contributed by atoms with Crippen LogP contribution >= 0.6 is 0 Å². The summed E-state index contributed by atoms with van der Waals surface area (Å²) in [6.45, 7) is 5.69. The van der Waals surface area contributed by atoms with Crippen LogP contribution in [0.5, 0.6) is 0 Å². The number of rotatable bonds is 14. The zero-order chi connectivity index (χ0) is 41.6. The lowest BCUT2D eigenvalue weighted by molar-refractivity contribution is -0.138. The maximum atomic E-state index is 14.2. The molecule has 1 aromatic heterocycles. The van der Waals surface area contributed by atoms with E-state index in [1.54, 1.807) is 43.4 Å². The molecule has 0 aliphatic carbocycles. The predicted octanol–water partition coefficient (Wildman–Crippen LogP) is 3.04. The largest absolute Gasteiger partial charge is 0.444 e. The second-order valence-corrected chi connectivity index (χ2v) is 15.8. The standard InChI is InChI=1S/C40H51F2N7O8/c1-40(2,3)57-38(55)45-28(13-15-32(43)50)35(52)44-29(22-24-11-12-26(41)27(42)21-24)37(54)48-19-17-23(18-20-48)7-5-8-25-9-6-10-30-34(25)47(4)39(56)49(30)31-14-16-33(51)46-36(31)53/h6,9-12,21,23,28-29,31H,5,7-8,13-20,22H2,1-4H3,(H2,43,50)(H,44,52)(H,45,55)(H,46,51,53)/t28-,29-,31?/m0/s1. The number of amides is 6. The molecule has 0 radical (unpaired) electrons. The Morgan fingerprint density at radius 1 is 0.982 bits per heavy atom. The second-order valence-electron chi connectivity index (χ2n) is 15.8. The minimum atomic E-state index is -1.29. The smallest absolute Gasteiger partial charge is 0.408 e. The maximum absolute atomic E-state index is 14.2. The molecular weight excluding hydrogens is 744 g/mol. The Morgan fingerprint density at radius 2 is 1.70 bits per heavy atom. The number of carbonyl (C=O) groups is 6. The van der Waals surface area contributed by atoms with Gasteiger partial charge in [-0.15, -0.1) is 0 Å². The van der Waals surface area contributed by atoms with Crippen molar-refractivity contribution in [1.29, 1.82) is 0 Å². The molecule has 2 fully saturated rings. The van der Waals surface area contributed by atoms with Crippen molar-refractivity contribution in [3.05, 3.63) is 69.6 Å². The van der Waals surface area contributed by atoms with Crippen LogP contribution in [0.15, 0.2) is 41.2 Å². The summed E-state index contributed by atoms with van der Waals surface area (Å²) in [5, 5.41) is 7.44. The summed E-state index contributed by atoms with van der Waals surface area (Å²) in [5.74, 6) is -4.67. The number of ether oxygens (including phenoxy) is 1. The third-order valence-corrected chi connectivity index (χ3v) is 10.4. The number of nitrogens with two attached hydrogens (primary N) is 1. The third kappa shape index (κ3) is 10.8. The number of imide groups is 1. The molecule has 2 aliphatic rings. The molecule has 3 atom stereocenters. The number of benzene rings is 2. The normalized spacial score (nSPS) is 17.5. The van der Waals surface area contributed by atoms with Crippen LogP contribution in [0.25, 0.3) is 11.0 Å². The fourth-order valence-electron chi connectivity index (χ4n) is 7.57. The molecule has 1 unspecified atom stereocenters. The van der Waals surface area contributed by atoms with Gasteiger partial charge in [-0.3, -0.25) is 38.4 Å². The van der Waals surface area contributed by atoms with Crippen molar-refractivity contribution in [2.24, 2.45) is 18.7 Å². The van der Waals surface area contributed by atoms with E-state index in [-0.39, 0.29) is 55.2 Å². The average molecular weight is 796 g/mol. The molecule has 15 nitrogen and oxygen atoms in total. The predicted molar refractivity (Wildman–Crippen MR) is 204 cm³/mol. The average Bonchev–Trinajstić information content (AvgIpc) is 3.39. The zero-order valence-electron chi connectivity index (χ0n) is 32.7. The highest BCUT2D eigenvalue weighted by molar-refractivity contribution is 6.00. The number of primary amides is 1. The number of imidazole rings is 1. The van der Waals surface area contributed by atoms with Crippen molar-refractivity contribution < 1.29 is 42.3 Å². The first-order valence-electron chi connectivity index (χ1n) is 19.2. The molecule has 6 amide bonds. The van der Waals surface area contributed by atoms with E-state index in [0.29, 0.717) is 37.9 Å². The molecule has 2 aromatic carbocycles. The van der Waals surface area contributed by atoms with E-state index < -0.39 is 65.1 Å². The van der Waals surface area contributed by atoms with Gasteiger partial charge in [-0.1, -0.05) is 18.2 Å². The minimum Gasteiger partial charge on any atom is -0.444 e. The van der Waals surface area contributed by atoms with Gasteiger partial charge in [0.2, 0.25) is 29.5 Å². The molecule has 2 saturated heterocycles. The van der Waals surface area contributed by atoms with Crippen LogP contribution in [-0.4, -0.2) is 80.4 Å². The van der Waals surface area contributed by atoms with Gasteiger partial charge in [-0.2, -0.15) is 0 Å². The summed E-state index contributed by atoms with van der Waals surface area (Å²) in [6, 6.07) is 5.56. The number of aromatic nitrogens is 2. The number of nitrogens with zero attached hydrogens (tertiary/aromatic N) is 3. The minimum absolute atomic E-state index is 0.152. The van der Waals surface area contributed by atoms with Crippen molar-refractivity contribution in [1.82, 2.24) is 30.0 Å². The van der Waals surface area contributed by atoms with Gasteiger partial charge in [-0.25, -0.2) is 18.4 Å². The van der Waals surface area contributed by atoms with Crippen LogP contribution in [0.2, 0.25) is 0 Å². The van der Waals surface area contributed by atoms with Gasteiger partial charge in [0.25, 0.3) is 0 Å². The van der Waals surface area contributed by atoms with Crippen molar-refractivity contribution >= 4 is 46.7 Å². The van der Waals surface area contributed by atoms with Crippen LogP contribution in [0, 0.1) is 17.6 Å². The van der Waals surface area contributed by atoms with E-state index in [0.717, 1.165) is 36.1 Å². The summed E-state index contributed by atoms with van der Waals surface area (Å²) >= 11 is 0. The Labute approximate surface area is 328 Å². The Balaban J connectivity index is 1.23. The number of halogens is 2. The van der Waals surface area contributed by atoms with Gasteiger partial charge in [0.1, 0.15) is 23.7 Å². The Morgan fingerprint density at radius 3 is 2.35 bits per heavy atom. The number of hydrogen-bond donors (Lipinski definition) is 4. The lowest BCUT2D eigenvalue weighted by Crippen LogP contribution is -2.56. The number of alkyl carbamates (subject to hydrolysis) is 1. The first-order chi connectivity index (χ1) is 26.9. The van der Waals surface area contributed by atoms with Crippen molar-refractivity contribution in [3.63, 3.8) is 0 Å². The molecule has 2 aliphatic heterocycles. The van der Waals surface area contributed by atoms with Crippen LogP contribution in [0.3, 0.4) is 0 Å². The fraction of sp³-hybridized carbons (Fsp3) is 0.525. The Kier molecular flexibility index (Phi) is 13.5. The highest BCUT2D eigenvalue weighted by atomic mass is 19.2. The Bertz CT molecular complexity index is 2080. The number of para-hydroxylation sites is 1. The molecular formula is C40H51F2N7O8. The van der Waals surface area contributed by atoms with Gasteiger partial charge >= 0.3 is 11.8 Å². The van der Waals surface area contributed by atoms with Crippen LogP contribution in [0.1, 0.15) is 89.3 Å². The SMILES string of the molecule is Cn1c(=O)n(C2CCC(=O)NC2=O)c2cccc(CCCC3CCN(C(=O)[C@H](Cc4ccc(F)c(F)c4)NC(=O)[C@H](CCC(N)=O)NC(=O)OC(C)(C)C)CC3)c21. The molecule has 308 valence electrons. The number of fused-ring (bicyclic) bond motifs is 1. The molecule has 3 heterocycles. The summed E-state index contributed by atoms with van der Waals surface area (Å²) in [6.07, 6.45) is 2.55. The van der Waals surface area contributed by atoms with E-state index in [1.807, 2.05) is 12.1 Å².